The molecule has 1 aromatic heterocycles. The van der Waals surface area contributed by atoms with E-state index in [9.17, 15) is 5.26 Å². The minimum Gasteiger partial charge on any atom is -0.192 e. The maximum atomic E-state index is 9.48. The molecule has 0 spiro atoms. The van der Waals surface area contributed by atoms with Gasteiger partial charge in [0.25, 0.3) is 0 Å². The van der Waals surface area contributed by atoms with Crippen LogP contribution in [0.3, 0.4) is 0 Å². The molecular weight excluding hydrogens is 358 g/mol. The Kier molecular flexibility index (Phi) is 4.28. The van der Waals surface area contributed by atoms with Crippen molar-refractivity contribution in [1.29, 1.82) is 5.26 Å². The van der Waals surface area contributed by atoms with Crippen molar-refractivity contribution in [3.05, 3.63) is 81.7 Å². The van der Waals surface area contributed by atoms with E-state index in [-0.39, 0.29) is 0 Å². The molecule has 0 bridgehead atoms. The van der Waals surface area contributed by atoms with Gasteiger partial charge >= 0.3 is 0 Å². The zero-order chi connectivity index (χ0) is 18.3. The van der Waals surface area contributed by atoms with Gasteiger partial charge in [0.2, 0.25) is 0 Å². The third-order valence-electron chi connectivity index (χ3n) is 4.71. The van der Waals surface area contributed by atoms with Crippen LogP contribution in [0.1, 0.15) is 16.0 Å². The van der Waals surface area contributed by atoms with Crippen molar-refractivity contribution < 1.29 is 0 Å². The standard InChI is InChI=1S/C23H16ClNS/c1-14-7-9-21(20-6-4-3-5-18(14)20)23-22(12-17(13-25)26-23)19-10-8-16(24)11-15(19)2/h3-12H,1-2H3. The number of rotatable bonds is 2. The quantitative estimate of drug-likeness (QED) is 0.359. The second-order valence-corrected chi connectivity index (χ2v) is 7.89. The van der Waals surface area contributed by atoms with Crippen LogP contribution < -0.4 is 0 Å². The Bertz CT molecular complexity index is 1180. The van der Waals surface area contributed by atoms with Crippen molar-refractivity contribution in [2.24, 2.45) is 0 Å². The summed E-state index contributed by atoms with van der Waals surface area (Å²) in [6.07, 6.45) is 0. The van der Waals surface area contributed by atoms with Crippen molar-refractivity contribution in [3.63, 3.8) is 0 Å². The van der Waals surface area contributed by atoms with E-state index in [1.165, 1.54) is 21.9 Å². The summed E-state index contributed by atoms with van der Waals surface area (Å²) >= 11 is 7.69. The Morgan fingerprint density at radius 3 is 2.27 bits per heavy atom. The molecule has 1 nitrogen and oxygen atoms in total. The molecule has 0 saturated carbocycles. The van der Waals surface area contributed by atoms with E-state index in [4.69, 9.17) is 11.6 Å². The van der Waals surface area contributed by atoms with Gasteiger partial charge in [-0.25, -0.2) is 0 Å². The van der Waals surface area contributed by atoms with Gasteiger partial charge in [-0.05, 0) is 59.5 Å². The lowest BCUT2D eigenvalue weighted by molar-refractivity contribution is 1.46. The highest BCUT2D eigenvalue weighted by Crippen LogP contribution is 2.43. The number of aryl methyl sites for hydroxylation is 2. The maximum absolute atomic E-state index is 9.48. The van der Waals surface area contributed by atoms with Gasteiger partial charge in [-0.3, -0.25) is 0 Å². The Morgan fingerprint density at radius 2 is 1.54 bits per heavy atom. The van der Waals surface area contributed by atoms with Gasteiger partial charge in [0.05, 0.1) is 0 Å². The van der Waals surface area contributed by atoms with Gasteiger partial charge in [0.15, 0.2) is 0 Å². The van der Waals surface area contributed by atoms with E-state index in [0.29, 0.717) is 4.88 Å². The van der Waals surface area contributed by atoms with Gasteiger partial charge in [0, 0.05) is 21.0 Å². The summed E-state index contributed by atoms with van der Waals surface area (Å²) in [6, 6.07) is 23.0. The zero-order valence-corrected chi connectivity index (χ0v) is 16.1. The van der Waals surface area contributed by atoms with Crippen molar-refractivity contribution in [1.82, 2.24) is 0 Å². The number of nitrogens with zero attached hydrogens (tertiary/aromatic N) is 1. The highest BCUT2D eigenvalue weighted by atomic mass is 35.5. The van der Waals surface area contributed by atoms with Crippen molar-refractivity contribution in [3.8, 4) is 27.6 Å². The molecule has 0 atom stereocenters. The normalized spacial score (nSPS) is 10.8. The topological polar surface area (TPSA) is 23.8 Å². The molecule has 0 unspecified atom stereocenters. The fourth-order valence-corrected chi connectivity index (χ4v) is 4.66. The fraction of sp³-hybridized carbons (Fsp3) is 0.0870. The Morgan fingerprint density at radius 1 is 0.808 bits per heavy atom. The van der Waals surface area contributed by atoms with Crippen LogP contribution >= 0.6 is 22.9 Å². The number of nitriles is 1. The van der Waals surface area contributed by atoms with Gasteiger partial charge < -0.3 is 0 Å². The molecule has 126 valence electrons. The van der Waals surface area contributed by atoms with Crippen LogP contribution in [-0.4, -0.2) is 0 Å². The highest BCUT2D eigenvalue weighted by molar-refractivity contribution is 7.16. The lowest BCUT2D eigenvalue weighted by atomic mass is 9.94. The van der Waals surface area contributed by atoms with Crippen LogP contribution in [0, 0.1) is 25.2 Å². The van der Waals surface area contributed by atoms with Crippen molar-refractivity contribution in [2.75, 3.05) is 0 Å². The third kappa shape index (κ3) is 2.80. The lowest BCUT2D eigenvalue weighted by Gasteiger charge is -2.11. The van der Waals surface area contributed by atoms with Crippen LogP contribution in [0.4, 0.5) is 0 Å². The highest BCUT2D eigenvalue weighted by Gasteiger charge is 2.17. The van der Waals surface area contributed by atoms with E-state index in [1.807, 2.05) is 24.3 Å². The summed E-state index contributed by atoms with van der Waals surface area (Å²) < 4.78 is 0. The molecule has 26 heavy (non-hydrogen) atoms. The second kappa shape index (κ2) is 6.61. The minimum atomic E-state index is 0.717. The maximum Gasteiger partial charge on any atom is 0.110 e. The number of hydrogen-bond acceptors (Lipinski definition) is 2. The Hall–Kier alpha value is -2.60. The number of hydrogen-bond donors (Lipinski definition) is 0. The van der Waals surface area contributed by atoms with E-state index >= 15 is 0 Å². The van der Waals surface area contributed by atoms with Gasteiger partial charge in [-0.1, -0.05) is 54.1 Å². The molecule has 0 radical (unpaired) electrons. The summed E-state index contributed by atoms with van der Waals surface area (Å²) in [6.45, 7) is 4.19. The first-order valence-corrected chi connectivity index (χ1v) is 9.57. The van der Waals surface area contributed by atoms with Crippen LogP contribution in [0.5, 0.6) is 0 Å². The average Bonchev–Trinajstić information content (AvgIpc) is 3.06. The van der Waals surface area contributed by atoms with Crippen LogP contribution in [0.2, 0.25) is 5.02 Å². The third-order valence-corrected chi connectivity index (χ3v) is 6.02. The molecule has 3 aromatic carbocycles. The monoisotopic (exact) mass is 373 g/mol. The molecule has 0 aliphatic carbocycles. The molecule has 4 rings (SSSR count). The number of benzene rings is 3. The Balaban J connectivity index is 2.04. The summed E-state index contributed by atoms with van der Waals surface area (Å²) in [5.74, 6) is 0. The molecule has 0 saturated heterocycles. The lowest BCUT2D eigenvalue weighted by Crippen LogP contribution is -1.86. The van der Waals surface area contributed by atoms with Crippen LogP contribution in [0.15, 0.2) is 60.7 Å². The van der Waals surface area contributed by atoms with Gasteiger partial charge in [0.1, 0.15) is 10.9 Å². The summed E-state index contributed by atoms with van der Waals surface area (Å²) in [7, 11) is 0. The predicted molar refractivity (Wildman–Crippen MR) is 112 cm³/mol. The first-order chi connectivity index (χ1) is 12.6. The SMILES string of the molecule is Cc1cc(Cl)ccc1-c1cc(C#N)sc1-c1ccc(C)c2ccccc12. The molecular formula is C23H16ClNS. The zero-order valence-electron chi connectivity index (χ0n) is 14.5. The smallest absolute Gasteiger partial charge is 0.110 e. The molecule has 0 fully saturated rings. The van der Waals surface area contributed by atoms with Gasteiger partial charge in [-0.2, -0.15) is 5.26 Å². The first kappa shape index (κ1) is 16.8. The summed E-state index contributed by atoms with van der Waals surface area (Å²) in [4.78, 5) is 1.84. The minimum absolute atomic E-state index is 0.717. The fourth-order valence-electron chi connectivity index (χ4n) is 3.42. The predicted octanol–water partition coefficient (Wildman–Crippen LogP) is 7.38. The van der Waals surface area contributed by atoms with E-state index in [0.717, 1.165) is 26.6 Å². The molecule has 0 N–H and O–H groups in total. The van der Waals surface area contributed by atoms with E-state index < -0.39 is 0 Å². The molecule has 1 heterocycles. The molecule has 4 aromatic rings. The van der Waals surface area contributed by atoms with E-state index in [1.54, 1.807) is 11.3 Å². The van der Waals surface area contributed by atoms with Crippen LogP contribution in [0.25, 0.3) is 32.3 Å². The molecule has 0 amide bonds. The van der Waals surface area contributed by atoms with E-state index in [2.05, 4.69) is 56.3 Å². The molecule has 0 aliphatic heterocycles. The van der Waals surface area contributed by atoms with Crippen molar-refractivity contribution in [2.45, 2.75) is 13.8 Å². The summed E-state index contributed by atoms with van der Waals surface area (Å²) in [5.41, 5.74) is 5.74. The number of halogens is 1. The summed E-state index contributed by atoms with van der Waals surface area (Å²) in [5, 5.41) is 12.7. The molecule has 0 aliphatic rings. The number of fused-ring (bicyclic) bond motifs is 1. The number of thiophene rings is 1. The molecule has 3 heteroatoms. The first-order valence-electron chi connectivity index (χ1n) is 8.37. The largest absolute Gasteiger partial charge is 0.192 e. The van der Waals surface area contributed by atoms with Crippen molar-refractivity contribution >= 4 is 33.7 Å². The second-order valence-electron chi connectivity index (χ2n) is 6.40. The van der Waals surface area contributed by atoms with Gasteiger partial charge in [-0.15, -0.1) is 11.3 Å². The Labute approximate surface area is 162 Å². The van der Waals surface area contributed by atoms with Crippen LogP contribution in [-0.2, 0) is 0 Å². The average molecular weight is 374 g/mol.